The van der Waals surface area contributed by atoms with Gasteiger partial charge in [-0.25, -0.2) is 9.18 Å². The molecule has 2 aromatic rings. The molecule has 1 aromatic carbocycles. The van der Waals surface area contributed by atoms with Crippen molar-refractivity contribution < 1.29 is 14.0 Å². The van der Waals surface area contributed by atoms with Crippen molar-refractivity contribution in [3.63, 3.8) is 0 Å². The maximum absolute atomic E-state index is 14.1. The van der Waals surface area contributed by atoms with Gasteiger partial charge in [-0.2, -0.15) is 0 Å². The number of carbonyl (C=O) groups is 2. The van der Waals surface area contributed by atoms with E-state index in [1.807, 2.05) is 6.92 Å². The molecule has 4 N–H and O–H groups in total. The SMILES string of the molecule is Cc1ccc(F)c2cc(C(=O)N[C@@H]3CCC[C@H](N4CCC5(CC4)CNC(=O)N5)C3)[nH]c12. The molecule has 3 heterocycles. The molecule has 3 amide bonds. The Kier molecular flexibility index (Phi) is 5.12. The van der Waals surface area contributed by atoms with Crippen LogP contribution in [0, 0.1) is 12.7 Å². The highest BCUT2D eigenvalue weighted by Gasteiger charge is 2.42. The lowest BCUT2D eigenvalue weighted by Gasteiger charge is -2.44. The zero-order valence-corrected chi connectivity index (χ0v) is 17.9. The van der Waals surface area contributed by atoms with Crippen molar-refractivity contribution in [1.29, 1.82) is 0 Å². The Balaban J connectivity index is 1.20. The number of nitrogens with zero attached hydrogens (tertiary/aromatic N) is 1. The number of amides is 3. The number of halogens is 1. The summed E-state index contributed by atoms with van der Waals surface area (Å²) in [6, 6.07) is 5.28. The third kappa shape index (κ3) is 3.89. The highest BCUT2D eigenvalue weighted by atomic mass is 19.1. The Bertz CT molecular complexity index is 972. The van der Waals surface area contributed by atoms with Crippen LogP contribution < -0.4 is 16.0 Å². The second kappa shape index (κ2) is 7.82. The van der Waals surface area contributed by atoms with Crippen LogP contribution in [0.4, 0.5) is 9.18 Å². The predicted octanol–water partition coefficient (Wildman–Crippen LogP) is 2.80. The van der Waals surface area contributed by atoms with Crippen molar-refractivity contribution in [2.24, 2.45) is 0 Å². The van der Waals surface area contributed by atoms with Gasteiger partial charge in [-0.1, -0.05) is 6.07 Å². The fourth-order valence-corrected chi connectivity index (χ4v) is 5.54. The van der Waals surface area contributed by atoms with E-state index < -0.39 is 0 Å². The number of urea groups is 1. The lowest BCUT2D eigenvalue weighted by atomic mass is 9.84. The molecule has 2 atom stereocenters. The molecule has 1 spiro atoms. The minimum Gasteiger partial charge on any atom is -0.350 e. The van der Waals surface area contributed by atoms with E-state index >= 15 is 0 Å². The fourth-order valence-electron chi connectivity index (χ4n) is 5.54. The summed E-state index contributed by atoms with van der Waals surface area (Å²) < 4.78 is 14.1. The molecule has 0 bridgehead atoms. The van der Waals surface area contributed by atoms with Crippen LogP contribution in [-0.4, -0.2) is 59.1 Å². The van der Waals surface area contributed by atoms with Gasteiger partial charge in [0.05, 0.1) is 11.1 Å². The second-order valence-corrected chi connectivity index (χ2v) is 9.45. The number of fused-ring (bicyclic) bond motifs is 1. The van der Waals surface area contributed by atoms with E-state index in [9.17, 15) is 14.0 Å². The quantitative estimate of drug-likeness (QED) is 0.607. The van der Waals surface area contributed by atoms with Gasteiger partial charge in [0.15, 0.2) is 0 Å². The zero-order valence-electron chi connectivity index (χ0n) is 17.9. The normalized spacial score (nSPS) is 26.1. The van der Waals surface area contributed by atoms with E-state index in [0.717, 1.165) is 57.2 Å². The fraction of sp³-hybridized carbons (Fsp3) is 0.565. The first-order valence-electron chi connectivity index (χ1n) is 11.3. The number of H-pyrrole nitrogens is 1. The van der Waals surface area contributed by atoms with Gasteiger partial charge in [0.1, 0.15) is 11.5 Å². The smallest absolute Gasteiger partial charge is 0.315 e. The maximum Gasteiger partial charge on any atom is 0.315 e. The van der Waals surface area contributed by atoms with Crippen molar-refractivity contribution >= 4 is 22.8 Å². The summed E-state index contributed by atoms with van der Waals surface area (Å²) in [7, 11) is 0. The third-order valence-corrected chi connectivity index (χ3v) is 7.41. The highest BCUT2D eigenvalue weighted by Crippen LogP contribution is 2.30. The molecule has 1 aromatic heterocycles. The maximum atomic E-state index is 14.1. The minimum atomic E-state index is -0.315. The third-order valence-electron chi connectivity index (χ3n) is 7.41. The summed E-state index contributed by atoms with van der Waals surface area (Å²) in [5.41, 5.74) is 1.93. The summed E-state index contributed by atoms with van der Waals surface area (Å²) >= 11 is 0. The summed E-state index contributed by atoms with van der Waals surface area (Å²) in [4.78, 5) is 30.0. The number of rotatable bonds is 3. The Morgan fingerprint density at radius 3 is 2.77 bits per heavy atom. The summed E-state index contributed by atoms with van der Waals surface area (Å²) in [5, 5.41) is 9.63. The average molecular weight is 428 g/mol. The number of nitrogens with one attached hydrogen (secondary N) is 4. The molecule has 5 rings (SSSR count). The van der Waals surface area contributed by atoms with Crippen LogP contribution in [-0.2, 0) is 0 Å². The van der Waals surface area contributed by atoms with Gasteiger partial charge < -0.3 is 25.8 Å². The molecule has 3 fully saturated rings. The van der Waals surface area contributed by atoms with E-state index in [-0.39, 0.29) is 29.3 Å². The Morgan fingerprint density at radius 1 is 1.26 bits per heavy atom. The second-order valence-electron chi connectivity index (χ2n) is 9.45. The predicted molar refractivity (Wildman–Crippen MR) is 117 cm³/mol. The monoisotopic (exact) mass is 427 g/mol. The number of hydrogen-bond acceptors (Lipinski definition) is 3. The number of aromatic nitrogens is 1. The molecule has 2 saturated heterocycles. The van der Waals surface area contributed by atoms with E-state index in [0.29, 0.717) is 29.2 Å². The van der Waals surface area contributed by atoms with Gasteiger partial charge in [0.2, 0.25) is 0 Å². The van der Waals surface area contributed by atoms with Gasteiger partial charge in [-0.15, -0.1) is 0 Å². The number of likely N-dealkylation sites (tertiary alicyclic amines) is 1. The van der Waals surface area contributed by atoms with Crippen LogP contribution in [0.1, 0.15) is 54.6 Å². The molecule has 31 heavy (non-hydrogen) atoms. The number of piperidine rings is 1. The molecule has 0 unspecified atom stereocenters. The standard InChI is InChI=1S/C23H30FN5O2/c1-14-5-6-18(24)17-12-19(27-20(14)17)21(30)26-15-3-2-4-16(11-15)29-9-7-23(8-10-29)13-25-22(31)28-23/h5-6,12,15-16,27H,2-4,7-11,13H2,1H3,(H,26,30)(H2,25,28,31)/t15-,16+/m1/s1. The Hall–Kier alpha value is -2.61. The lowest BCUT2D eigenvalue weighted by molar-refractivity contribution is 0.0768. The molecule has 1 aliphatic carbocycles. The topological polar surface area (TPSA) is 89.3 Å². The molecule has 2 aliphatic heterocycles. The van der Waals surface area contributed by atoms with Crippen LogP contribution >= 0.6 is 0 Å². The molecule has 0 radical (unpaired) electrons. The van der Waals surface area contributed by atoms with Gasteiger partial charge in [0, 0.05) is 37.1 Å². The highest BCUT2D eigenvalue weighted by molar-refractivity contribution is 5.99. The molecule has 8 heteroatoms. The van der Waals surface area contributed by atoms with Crippen molar-refractivity contribution in [1.82, 2.24) is 25.8 Å². The molecule has 166 valence electrons. The molecule has 1 saturated carbocycles. The minimum absolute atomic E-state index is 0.0547. The average Bonchev–Trinajstić information content (AvgIpc) is 3.37. The van der Waals surface area contributed by atoms with E-state index in [4.69, 9.17) is 0 Å². The molecule has 3 aliphatic rings. The first-order chi connectivity index (χ1) is 14.9. The van der Waals surface area contributed by atoms with Gasteiger partial charge in [-0.3, -0.25) is 4.79 Å². The Morgan fingerprint density at radius 2 is 2.06 bits per heavy atom. The van der Waals surface area contributed by atoms with Crippen LogP contribution in [0.5, 0.6) is 0 Å². The number of carbonyl (C=O) groups excluding carboxylic acids is 2. The van der Waals surface area contributed by atoms with Gasteiger partial charge in [-0.05, 0) is 63.1 Å². The van der Waals surface area contributed by atoms with Crippen molar-refractivity contribution in [3.05, 3.63) is 35.3 Å². The van der Waals surface area contributed by atoms with Gasteiger partial charge >= 0.3 is 6.03 Å². The summed E-state index contributed by atoms with van der Waals surface area (Å²) in [6.45, 7) is 4.55. The first kappa shape index (κ1) is 20.3. The summed E-state index contributed by atoms with van der Waals surface area (Å²) in [6.07, 6.45) is 6.03. The van der Waals surface area contributed by atoms with Crippen LogP contribution in [0.3, 0.4) is 0 Å². The number of aromatic amines is 1. The molecular weight excluding hydrogens is 397 g/mol. The zero-order chi connectivity index (χ0) is 21.6. The largest absolute Gasteiger partial charge is 0.350 e. The number of hydrogen-bond donors (Lipinski definition) is 4. The van der Waals surface area contributed by atoms with Crippen LogP contribution in [0.2, 0.25) is 0 Å². The Labute approximate surface area is 181 Å². The van der Waals surface area contributed by atoms with Crippen molar-refractivity contribution in [2.75, 3.05) is 19.6 Å². The van der Waals surface area contributed by atoms with Crippen LogP contribution in [0.15, 0.2) is 18.2 Å². The summed E-state index contributed by atoms with van der Waals surface area (Å²) in [5.74, 6) is -0.483. The molecular formula is C23H30FN5O2. The van der Waals surface area contributed by atoms with Crippen LogP contribution in [0.25, 0.3) is 10.9 Å². The number of aryl methyl sites for hydroxylation is 1. The first-order valence-corrected chi connectivity index (χ1v) is 11.3. The van der Waals surface area contributed by atoms with Gasteiger partial charge in [0.25, 0.3) is 5.91 Å². The van der Waals surface area contributed by atoms with E-state index in [2.05, 4.69) is 25.8 Å². The van der Waals surface area contributed by atoms with Crippen molar-refractivity contribution in [2.45, 2.75) is 63.1 Å². The molecule has 7 nitrogen and oxygen atoms in total. The number of benzene rings is 1. The lowest BCUT2D eigenvalue weighted by Crippen LogP contribution is -2.56. The van der Waals surface area contributed by atoms with E-state index in [1.54, 1.807) is 12.1 Å². The van der Waals surface area contributed by atoms with E-state index in [1.165, 1.54) is 6.07 Å². The van der Waals surface area contributed by atoms with Crippen molar-refractivity contribution in [3.8, 4) is 0 Å².